The molecule has 0 amide bonds. The van der Waals surface area contributed by atoms with E-state index in [0.29, 0.717) is 0 Å². The molecule has 2 nitrogen and oxygen atoms in total. The van der Waals surface area contributed by atoms with Crippen molar-refractivity contribution in [3.8, 4) is 0 Å². The first kappa shape index (κ1) is 14.5. The van der Waals surface area contributed by atoms with Crippen molar-refractivity contribution in [1.29, 1.82) is 0 Å². The Hall–Kier alpha value is 0.470. The van der Waals surface area contributed by atoms with E-state index in [9.17, 15) is 9.90 Å². The molecule has 14 heavy (non-hydrogen) atoms. The summed E-state index contributed by atoms with van der Waals surface area (Å²) in [6.07, 6.45) is 10.2. The summed E-state index contributed by atoms with van der Waals surface area (Å²) in [6.45, 7) is 0. The van der Waals surface area contributed by atoms with E-state index in [-0.39, 0.29) is 36.0 Å². The van der Waals surface area contributed by atoms with Crippen LogP contribution in [0.1, 0.15) is 57.8 Å². The van der Waals surface area contributed by atoms with E-state index in [1.807, 2.05) is 0 Å². The molecule has 0 spiro atoms. The fraction of sp³-hybridized carbons (Fsp3) is 0.909. The fourth-order valence-electron chi connectivity index (χ4n) is 2.18. The van der Waals surface area contributed by atoms with Crippen LogP contribution in [0.3, 0.4) is 0 Å². The number of hydrogen-bond donors (Lipinski definition) is 0. The van der Waals surface area contributed by atoms with Crippen molar-refractivity contribution in [2.24, 2.45) is 5.92 Å². The zero-order chi connectivity index (χ0) is 9.52. The van der Waals surface area contributed by atoms with Crippen molar-refractivity contribution in [1.82, 2.24) is 0 Å². The third kappa shape index (κ3) is 6.86. The van der Waals surface area contributed by atoms with E-state index in [2.05, 4.69) is 0 Å². The Bertz CT molecular complexity index is 153. The minimum atomic E-state index is -0.899. The van der Waals surface area contributed by atoms with Crippen molar-refractivity contribution >= 4 is 5.97 Å². The van der Waals surface area contributed by atoms with Crippen LogP contribution in [0.4, 0.5) is 0 Å². The van der Waals surface area contributed by atoms with Gasteiger partial charge in [-0.05, 0) is 18.8 Å². The van der Waals surface area contributed by atoms with E-state index in [4.69, 9.17) is 0 Å². The molecule has 76 valence electrons. The van der Waals surface area contributed by atoms with Gasteiger partial charge in [0.2, 0.25) is 0 Å². The maximum atomic E-state index is 10.1. The Kier molecular flexibility index (Phi) is 9.05. The van der Waals surface area contributed by atoms with Gasteiger partial charge in [-0.1, -0.05) is 44.9 Å². The number of carbonyl (C=O) groups excluding carboxylic acids is 1. The van der Waals surface area contributed by atoms with Crippen LogP contribution >= 0.6 is 0 Å². The Labute approximate surface area is 109 Å². The minimum absolute atomic E-state index is 0. The van der Waals surface area contributed by atoms with Gasteiger partial charge < -0.3 is 9.90 Å². The average Bonchev–Trinajstić information content (AvgIpc) is 2.14. The molecule has 3 heteroatoms. The second-order valence-electron chi connectivity index (χ2n) is 4.12. The van der Waals surface area contributed by atoms with Gasteiger partial charge in [0.15, 0.2) is 0 Å². The maximum absolute atomic E-state index is 10.1. The number of carbonyl (C=O) groups is 1. The van der Waals surface area contributed by atoms with E-state index >= 15 is 0 Å². The standard InChI is InChI=1S/C11H20O2.Na/c12-11(13)9-5-4-8-10-6-2-1-3-7-10;/h10H,1-9H2,(H,12,13);/q;+1/p-1. The van der Waals surface area contributed by atoms with E-state index < -0.39 is 5.97 Å². The molecular weight excluding hydrogens is 187 g/mol. The molecule has 0 radical (unpaired) electrons. The van der Waals surface area contributed by atoms with Crippen LogP contribution in [-0.4, -0.2) is 5.97 Å². The summed E-state index contributed by atoms with van der Waals surface area (Å²) in [4.78, 5) is 10.1. The molecule has 0 aromatic carbocycles. The van der Waals surface area contributed by atoms with Crippen molar-refractivity contribution in [2.45, 2.75) is 57.8 Å². The third-order valence-corrected chi connectivity index (χ3v) is 2.97. The summed E-state index contributed by atoms with van der Waals surface area (Å²) < 4.78 is 0. The van der Waals surface area contributed by atoms with Crippen LogP contribution in [0.2, 0.25) is 0 Å². The summed E-state index contributed by atoms with van der Waals surface area (Å²) in [5, 5.41) is 10.1. The Morgan fingerprint density at radius 2 is 1.79 bits per heavy atom. The van der Waals surface area contributed by atoms with Gasteiger partial charge in [-0.3, -0.25) is 0 Å². The Balaban J connectivity index is 0.00000169. The van der Waals surface area contributed by atoms with E-state index in [1.54, 1.807) is 0 Å². The van der Waals surface area contributed by atoms with E-state index in [0.717, 1.165) is 18.8 Å². The van der Waals surface area contributed by atoms with Crippen LogP contribution in [0.25, 0.3) is 0 Å². The molecular formula is C11H19NaO2. The van der Waals surface area contributed by atoms with Crippen molar-refractivity contribution < 1.29 is 39.5 Å². The number of hydrogen-bond acceptors (Lipinski definition) is 2. The molecule has 0 aromatic heterocycles. The molecule has 1 aliphatic rings. The van der Waals surface area contributed by atoms with Gasteiger partial charge in [-0.2, -0.15) is 0 Å². The third-order valence-electron chi connectivity index (χ3n) is 2.97. The molecule has 0 aromatic rings. The van der Waals surface area contributed by atoms with Gasteiger partial charge in [-0.25, -0.2) is 0 Å². The quantitative estimate of drug-likeness (QED) is 0.422. The van der Waals surface area contributed by atoms with Crippen molar-refractivity contribution in [3.63, 3.8) is 0 Å². The largest absolute Gasteiger partial charge is 1.00 e. The number of carboxylic acid groups (broad SMARTS) is 1. The van der Waals surface area contributed by atoms with Gasteiger partial charge in [0.05, 0.1) is 0 Å². The van der Waals surface area contributed by atoms with Crippen LogP contribution in [-0.2, 0) is 4.79 Å². The summed E-state index contributed by atoms with van der Waals surface area (Å²) in [7, 11) is 0. The monoisotopic (exact) mass is 206 g/mol. The molecule has 0 unspecified atom stereocenters. The SMILES string of the molecule is O=C([O-])CCCCC1CCCCC1.[Na+]. The average molecular weight is 206 g/mol. The Morgan fingerprint density at radius 1 is 1.14 bits per heavy atom. The Morgan fingerprint density at radius 3 is 2.36 bits per heavy atom. The van der Waals surface area contributed by atoms with Gasteiger partial charge in [0.25, 0.3) is 0 Å². The summed E-state index contributed by atoms with van der Waals surface area (Å²) in [5.41, 5.74) is 0. The molecule has 1 aliphatic carbocycles. The molecule has 0 saturated heterocycles. The van der Waals surface area contributed by atoms with Gasteiger partial charge in [-0.15, -0.1) is 0 Å². The normalized spacial score (nSPS) is 17.4. The second kappa shape index (κ2) is 8.75. The first-order valence-corrected chi connectivity index (χ1v) is 5.49. The zero-order valence-corrected chi connectivity index (χ0v) is 11.3. The molecule has 1 saturated carbocycles. The topological polar surface area (TPSA) is 40.1 Å². The first-order valence-electron chi connectivity index (χ1n) is 5.49. The minimum Gasteiger partial charge on any atom is -0.550 e. The van der Waals surface area contributed by atoms with Crippen molar-refractivity contribution in [2.75, 3.05) is 0 Å². The summed E-state index contributed by atoms with van der Waals surface area (Å²) in [5.74, 6) is -0.0147. The molecule has 1 rings (SSSR count). The fourth-order valence-corrected chi connectivity index (χ4v) is 2.18. The van der Waals surface area contributed by atoms with Crippen molar-refractivity contribution in [3.05, 3.63) is 0 Å². The summed E-state index contributed by atoms with van der Waals surface area (Å²) in [6, 6.07) is 0. The predicted molar refractivity (Wildman–Crippen MR) is 50.1 cm³/mol. The number of rotatable bonds is 5. The number of unbranched alkanes of at least 4 members (excludes halogenated alkanes) is 1. The molecule has 0 bridgehead atoms. The van der Waals surface area contributed by atoms with Gasteiger partial charge in [0.1, 0.15) is 0 Å². The molecule has 0 N–H and O–H groups in total. The van der Waals surface area contributed by atoms with Crippen LogP contribution in [0, 0.1) is 5.92 Å². The van der Waals surface area contributed by atoms with Crippen LogP contribution < -0.4 is 34.7 Å². The van der Waals surface area contributed by atoms with Gasteiger partial charge >= 0.3 is 29.6 Å². The molecule has 1 fully saturated rings. The zero-order valence-electron chi connectivity index (χ0n) is 9.26. The number of aliphatic carboxylic acids is 1. The second-order valence-corrected chi connectivity index (χ2v) is 4.12. The first-order chi connectivity index (χ1) is 6.29. The van der Waals surface area contributed by atoms with E-state index in [1.165, 1.54) is 38.5 Å². The van der Waals surface area contributed by atoms with Gasteiger partial charge in [0, 0.05) is 5.97 Å². The molecule has 0 aliphatic heterocycles. The summed E-state index contributed by atoms with van der Waals surface area (Å²) >= 11 is 0. The molecule has 0 heterocycles. The van der Waals surface area contributed by atoms with Crippen LogP contribution in [0.5, 0.6) is 0 Å². The van der Waals surface area contributed by atoms with Crippen LogP contribution in [0.15, 0.2) is 0 Å². The predicted octanol–water partition coefficient (Wildman–Crippen LogP) is -1.12. The smallest absolute Gasteiger partial charge is 0.550 e. The molecule has 0 atom stereocenters. The number of carboxylic acids is 1. The maximum Gasteiger partial charge on any atom is 1.00 e.